The Hall–Kier alpha value is -2.55. The highest BCUT2D eigenvalue weighted by molar-refractivity contribution is 6.99. The average molecular weight is 407 g/mol. The number of nitrogens with zero attached hydrogens (tertiary/aromatic N) is 4. The summed E-state index contributed by atoms with van der Waals surface area (Å²) in [5.74, 6) is 1.59. The topological polar surface area (TPSA) is 77.0 Å². The van der Waals surface area contributed by atoms with Gasteiger partial charge in [0.25, 0.3) is 5.88 Å². The van der Waals surface area contributed by atoms with Crippen LogP contribution in [-0.4, -0.2) is 60.7 Å². The minimum atomic E-state index is -0.664. The summed E-state index contributed by atoms with van der Waals surface area (Å²) in [4.78, 5) is 16.5. The zero-order valence-electron chi connectivity index (χ0n) is 16.5. The first-order valence-corrected chi connectivity index (χ1v) is 10.2. The van der Waals surface area contributed by atoms with E-state index >= 15 is 0 Å². The molecule has 0 spiro atoms. The van der Waals surface area contributed by atoms with Crippen LogP contribution in [0.2, 0.25) is 0 Å². The summed E-state index contributed by atoms with van der Waals surface area (Å²) < 4.78 is 24.8. The second-order valence-corrected chi connectivity index (χ2v) is 6.86. The molecule has 0 N–H and O–H groups in total. The number of aromatic nitrogens is 2. The summed E-state index contributed by atoms with van der Waals surface area (Å²) in [6.07, 6.45) is -0.149. The zero-order valence-corrected chi connectivity index (χ0v) is 17.3. The number of rotatable bonds is 8. The minimum absolute atomic E-state index is 0.328. The Balaban J connectivity index is 1.61. The van der Waals surface area contributed by atoms with Crippen LogP contribution in [0.1, 0.15) is 20.3 Å². The standard InChI is InChI=1S/C19H26N4O4S/c1-4-16(19(24)26-5-2)27-18-17(20-28-21-18)23-12-10-22(11-13-23)14-6-8-15(25-3)9-7-14/h6-9,16H,4-5,10-13H2,1-3H3. The van der Waals surface area contributed by atoms with E-state index in [-0.39, 0.29) is 5.97 Å². The number of hydrogen-bond acceptors (Lipinski definition) is 9. The molecular formula is C19H26N4O4S. The predicted octanol–water partition coefficient (Wildman–Crippen LogP) is 2.59. The van der Waals surface area contributed by atoms with Crippen LogP contribution in [0.3, 0.4) is 0 Å². The molecule has 1 aromatic carbocycles. The van der Waals surface area contributed by atoms with Gasteiger partial charge in [0.1, 0.15) is 5.75 Å². The number of carbonyl (C=O) groups excluding carboxylic acids is 1. The minimum Gasteiger partial charge on any atom is -0.497 e. The molecule has 8 nitrogen and oxygen atoms in total. The molecular weight excluding hydrogens is 380 g/mol. The number of esters is 1. The molecule has 152 valence electrons. The van der Waals surface area contributed by atoms with E-state index in [1.165, 1.54) is 5.69 Å². The van der Waals surface area contributed by atoms with Crippen LogP contribution in [0.5, 0.6) is 11.6 Å². The maximum atomic E-state index is 12.0. The quantitative estimate of drug-likeness (QED) is 0.619. The summed E-state index contributed by atoms with van der Waals surface area (Å²) in [6, 6.07) is 8.08. The maximum Gasteiger partial charge on any atom is 0.347 e. The van der Waals surface area contributed by atoms with Gasteiger partial charge >= 0.3 is 5.97 Å². The van der Waals surface area contributed by atoms with E-state index in [0.29, 0.717) is 24.7 Å². The van der Waals surface area contributed by atoms with Gasteiger partial charge in [0.05, 0.1) is 25.4 Å². The fourth-order valence-electron chi connectivity index (χ4n) is 3.08. The van der Waals surface area contributed by atoms with Gasteiger partial charge in [-0.15, -0.1) is 4.37 Å². The van der Waals surface area contributed by atoms with Gasteiger partial charge in [-0.05, 0) is 37.6 Å². The molecule has 0 aliphatic carbocycles. The summed E-state index contributed by atoms with van der Waals surface area (Å²) in [5, 5.41) is 0. The third kappa shape index (κ3) is 4.64. The summed E-state index contributed by atoms with van der Waals surface area (Å²) >= 11 is 1.09. The number of carbonyl (C=O) groups is 1. The van der Waals surface area contributed by atoms with E-state index in [1.807, 2.05) is 19.1 Å². The molecule has 2 heterocycles. The van der Waals surface area contributed by atoms with Crippen molar-refractivity contribution in [3.63, 3.8) is 0 Å². The van der Waals surface area contributed by atoms with Gasteiger partial charge in [0.15, 0.2) is 6.10 Å². The number of piperazine rings is 1. The van der Waals surface area contributed by atoms with E-state index in [9.17, 15) is 4.79 Å². The molecule has 1 atom stereocenters. The number of benzene rings is 1. The van der Waals surface area contributed by atoms with Crippen LogP contribution < -0.4 is 19.3 Å². The van der Waals surface area contributed by atoms with Crippen LogP contribution in [0, 0.1) is 0 Å². The third-order valence-electron chi connectivity index (χ3n) is 4.63. The van der Waals surface area contributed by atoms with Gasteiger partial charge < -0.3 is 24.0 Å². The molecule has 1 unspecified atom stereocenters. The lowest BCUT2D eigenvalue weighted by Gasteiger charge is -2.36. The molecule has 1 aromatic heterocycles. The lowest BCUT2D eigenvalue weighted by molar-refractivity contribution is -0.151. The molecule has 28 heavy (non-hydrogen) atoms. The highest BCUT2D eigenvalue weighted by Gasteiger charge is 2.27. The molecule has 0 saturated carbocycles. The Morgan fingerprint density at radius 2 is 1.79 bits per heavy atom. The Morgan fingerprint density at radius 3 is 2.39 bits per heavy atom. The molecule has 9 heteroatoms. The van der Waals surface area contributed by atoms with E-state index in [0.717, 1.165) is 43.7 Å². The first-order chi connectivity index (χ1) is 13.7. The van der Waals surface area contributed by atoms with Crippen molar-refractivity contribution in [1.29, 1.82) is 0 Å². The van der Waals surface area contributed by atoms with E-state index < -0.39 is 6.10 Å². The molecule has 1 fully saturated rings. The van der Waals surface area contributed by atoms with Crippen molar-refractivity contribution in [2.24, 2.45) is 0 Å². The van der Waals surface area contributed by atoms with Crippen molar-refractivity contribution in [3.8, 4) is 11.6 Å². The molecule has 0 radical (unpaired) electrons. The van der Waals surface area contributed by atoms with Gasteiger partial charge in [-0.3, -0.25) is 0 Å². The molecule has 1 aliphatic rings. The van der Waals surface area contributed by atoms with Crippen molar-refractivity contribution in [2.75, 3.05) is 49.7 Å². The first-order valence-electron chi connectivity index (χ1n) is 9.46. The van der Waals surface area contributed by atoms with E-state index in [1.54, 1.807) is 14.0 Å². The molecule has 3 rings (SSSR count). The maximum absolute atomic E-state index is 12.0. The molecule has 2 aromatic rings. The summed E-state index contributed by atoms with van der Waals surface area (Å²) in [5.41, 5.74) is 1.17. The lowest BCUT2D eigenvalue weighted by Crippen LogP contribution is -2.46. The Kier molecular flexibility index (Phi) is 6.91. The second kappa shape index (κ2) is 9.59. The fraction of sp³-hybridized carbons (Fsp3) is 0.526. The van der Waals surface area contributed by atoms with Crippen LogP contribution in [0.25, 0.3) is 0 Å². The number of ether oxygens (including phenoxy) is 3. The Labute approximate surface area is 169 Å². The number of anilines is 2. The van der Waals surface area contributed by atoms with E-state index in [2.05, 4.69) is 30.7 Å². The van der Waals surface area contributed by atoms with Gasteiger partial charge in [-0.1, -0.05) is 6.92 Å². The van der Waals surface area contributed by atoms with Crippen LogP contribution in [-0.2, 0) is 9.53 Å². The molecule has 1 aliphatic heterocycles. The normalized spacial score (nSPS) is 15.2. The summed E-state index contributed by atoms with van der Waals surface area (Å²) in [6.45, 7) is 7.30. The highest BCUT2D eigenvalue weighted by atomic mass is 32.1. The largest absolute Gasteiger partial charge is 0.497 e. The zero-order chi connectivity index (χ0) is 19.9. The molecule has 0 amide bonds. The van der Waals surface area contributed by atoms with Crippen molar-refractivity contribution in [3.05, 3.63) is 24.3 Å². The van der Waals surface area contributed by atoms with Gasteiger partial charge in [-0.2, -0.15) is 4.37 Å². The van der Waals surface area contributed by atoms with Crippen molar-refractivity contribution in [2.45, 2.75) is 26.4 Å². The van der Waals surface area contributed by atoms with Gasteiger partial charge in [0.2, 0.25) is 5.82 Å². The van der Waals surface area contributed by atoms with E-state index in [4.69, 9.17) is 14.2 Å². The van der Waals surface area contributed by atoms with Crippen LogP contribution >= 0.6 is 11.7 Å². The smallest absolute Gasteiger partial charge is 0.347 e. The monoisotopic (exact) mass is 406 g/mol. The highest BCUT2D eigenvalue weighted by Crippen LogP contribution is 2.29. The predicted molar refractivity (Wildman–Crippen MR) is 109 cm³/mol. The van der Waals surface area contributed by atoms with Gasteiger partial charge in [-0.25, -0.2) is 4.79 Å². The summed E-state index contributed by atoms with van der Waals surface area (Å²) in [7, 11) is 1.67. The first kappa shape index (κ1) is 20.2. The lowest BCUT2D eigenvalue weighted by atomic mass is 10.2. The second-order valence-electron chi connectivity index (χ2n) is 6.33. The fourth-order valence-corrected chi connectivity index (χ4v) is 3.59. The van der Waals surface area contributed by atoms with Gasteiger partial charge in [0, 0.05) is 31.9 Å². The third-order valence-corrected chi connectivity index (χ3v) is 5.14. The van der Waals surface area contributed by atoms with Crippen molar-refractivity contribution < 1.29 is 19.0 Å². The SMILES string of the molecule is CCOC(=O)C(CC)Oc1nsnc1N1CCN(c2ccc(OC)cc2)CC1. The molecule has 0 bridgehead atoms. The van der Waals surface area contributed by atoms with Crippen LogP contribution in [0.4, 0.5) is 11.5 Å². The molecule has 1 saturated heterocycles. The average Bonchev–Trinajstić information content (AvgIpc) is 3.20. The van der Waals surface area contributed by atoms with Crippen molar-refractivity contribution >= 4 is 29.2 Å². The van der Waals surface area contributed by atoms with Crippen LogP contribution in [0.15, 0.2) is 24.3 Å². The Morgan fingerprint density at radius 1 is 1.11 bits per heavy atom. The number of hydrogen-bond donors (Lipinski definition) is 0. The Bertz CT molecular complexity index is 760. The number of methoxy groups -OCH3 is 1. The van der Waals surface area contributed by atoms with Crippen molar-refractivity contribution in [1.82, 2.24) is 8.75 Å².